The van der Waals surface area contributed by atoms with E-state index in [2.05, 4.69) is 0 Å². The lowest BCUT2D eigenvalue weighted by Gasteiger charge is -2.15. The molecule has 0 bridgehead atoms. The maximum atomic E-state index is 12.6. The van der Waals surface area contributed by atoms with E-state index < -0.39 is 15.8 Å². The van der Waals surface area contributed by atoms with E-state index in [0.29, 0.717) is 11.2 Å². The summed E-state index contributed by atoms with van der Waals surface area (Å²) >= 11 is 0. The third-order valence-corrected chi connectivity index (χ3v) is 6.37. The van der Waals surface area contributed by atoms with Gasteiger partial charge < -0.3 is 17.4 Å². The van der Waals surface area contributed by atoms with Crippen molar-refractivity contribution in [3.8, 4) is 0 Å². The van der Waals surface area contributed by atoms with Gasteiger partial charge in [-0.2, -0.15) is 0 Å². The average molecular weight is 382 g/mol. The topological polar surface area (TPSA) is 71.0 Å². The fourth-order valence-electron chi connectivity index (χ4n) is 2.39. The van der Waals surface area contributed by atoms with Crippen molar-refractivity contribution in [2.75, 3.05) is 19.6 Å². The zero-order valence-corrected chi connectivity index (χ0v) is 15.9. The molecule has 6 nitrogen and oxygen atoms in total. The largest absolute Gasteiger partial charge is 0.399 e. The van der Waals surface area contributed by atoms with Crippen molar-refractivity contribution in [3.05, 3.63) is 48.5 Å². The molecule has 1 heterocycles. The predicted octanol–water partition coefficient (Wildman–Crippen LogP) is 5.94. The molecule has 0 saturated heterocycles. The molecule has 0 radical (unpaired) electrons. The smallest absolute Gasteiger partial charge is 0.388 e. The van der Waals surface area contributed by atoms with Gasteiger partial charge in [0.25, 0.3) is 0 Å². The molecule has 0 saturated carbocycles. The van der Waals surface area contributed by atoms with Crippen molar-refractivity contribution in [2.24, 2.45) is 0 Å². The number of para-hydroxylation sites is 2. The van der Waals surface area contributed by atoms with Crippen LogP contribution in [0, 0.1) is 0 Å². The lowest BCUT2D eigenvalue weighted by Crippen LogP contribution is -2.04. The molecule has 0 amide bonds. The first-order valence-corrected chi connectivity index (χ1v) is 10.8. The van der Waals surface area contributed by atoms with Crippen LogP contribution in [0.4, 0.5) is 0 Å². The van der Waals surface area contributed by atoms with Crippen molar-refractivity contribution in [1.82, 2.24) is 0 Å². The molecule has 1 aromatic heterocycles. The Balaban J connectivity index is 2.02. The monoisotopic (exact) mass is 382 g/mol. The Morgan fingerprint density at radius 2 is 1.36 bits per heavy atom. The molecule has 3 aromatic rings. The lowest BCUT2D eigenvalue weighted by molar-refractivity contribution is 0.204. The number of rotatable bonds is 7. The van der Waals surface area contributed by atoms with Gasteiger partial charge in [-0.05, 0) is 26.0 Å². The van der Waals surface area contributed by atoms with Crippen LogP contribution >= 0.6 is 15.8 Å². The Labute approximate surface area is 146 Å². The second-order valence-corrected chi connectivity index (χ2v) is 8.17. The first-order valence-electron chi connectivity index (χ1n) is 8.00. The second kappa shape index (κ2) is 8.22. The van der Waals surface area contributed by atoms with Crippen molar-refractivity contribution in [3.63, 3.8) is 0 Å². The van der Waals surface area contributed by atoms with Gasteiger partial charge in [0.2, 0.25) is 0 Å². The van der Waals surface area contributed by atoms with Crippen LogP contribution in [0.25, 0.3) is 21.9 Å². The van der Waals surface area contributed by atoms with Crippen molar-refractivity contribution in [1.29, 1.82) is 0 Å². The first-order chi connectivity index (χ1) is 12.1. The van der Waals surface area contributed by atoms with Gasteiger partial charge in [-0.1, -0.05) is 36.4 Å². The zero-order chi connectivity index (χ0) is 17.7. The van der Waals surface area contributed by atoms with Crippen LogP contribution in [-0.2, 0) is 13.6 Å². The van der Waals surface area contributed by atoms with Crippen LogP contribution in [0.1, 0.15) is 13.8 Å². The van der Waals surface area contributed by atoms with Crippen LogP contribution in [0.5, 0.6) is 0 Å². The summed E-state index contributed by atoms with van der Waals surface area (Å²) in [5, 5.41) is 1.84. The minimum atomic E-state index is -3.34. The van der Waals surface area contributed by atoms with Gasteiger partial charge in [-0.15, -0.1) is 0 Å². The Morgan fingerprint density at radius 3 is 1.84 bits per heavy atom. The van der Waals surface area contributed by atoms with E-state index in [0.717, 1.165) is 10.8 Å². The van der Waals surface area contributed by atoms with Gasteiger partial charge in [-0.3, -0.25) is 9.09 Å². The summed E-state index contributed by atoms with van der Waals surface area (Å²) in [6.45, 7) is 4.04. The standard InChI is InChI=1S/C17H20O6P2/c1-3-20-25(18,21-4-2)13-19-24-22-16-11-7-5-9-14(16)15-10-6-8-12-17(15)23-24/h5-12H,3-4,13H2,1-2H3. The summed E-state index contributed by atoms with van der Waals surface area (Å²) in [4.78, 5) is 0. The first kappa shape index (κ1) is 18.2. The fourth-order valence-corrected chi connectivity index (χ4v) is 5.13. The molecule has 8 heteroatoms. The molecular formula is C17H20O6P2. The van der Waals surface area contributed by atoms with Crippen molar-refractivity contribution >= 4 is 37.8 Å². The number of hydrogen-bond donors (Lipinski definition) is 0. The second-order valence-electron chi connectivity index (χ2n) is 5.10. The Bertz CT molecular complexity index is 868. The van der Waals surface area contributed by atoms with Crippen molar-refractivity contribution < 1.29 is 26.5 Å². The quantitative estimate of drug-likeness (QED) is 0.471. The van der Waals surface area contributed by atoms with Gasteiger partial charge in [0, 0.05) is 10.8 Å². The van der Waals surface area contributed by atoms with Gasteiger partial charge in [0.1, 0.15) is 11.2 Å². The van der Waals surface area contributed by atoms with Gasteiger partial charge in [-0.25, -0.2) is 0 Å². The maximum absolute atomic E-state index is 12.6. The number of benzene rings is 2. The van der Waals surface area contributed by atoms with E-state index >= 15 is 0 Å². The molecule has 0 unspecified atom stereocenters. The molecule has 0 aliphatic carbocycles. The SMILES string of the molecule is CCOP(=O)(COp1oc2ccccc2c2ccccc2o1)OCC. The number of fused-ring (bicyclic) bond motifs is 3. The summed E-state index contributed by atoms with van der Waals surface area (Å²) in [6.07, 6.45) is -0.231. The van der Waals surface area contributed by atoms with Gasteiger partial charge >= 0.3 is 15.8 Å². The van der Waals surface area contributed by atoms with Gasteiger partial charge in [0.15, 0.2) is 6.35 Å². The molecule has 0 spiro atoms. The summed E-state index contributed by atoms with van der Waals surface area (Å²) < 4.78 is 40.5. The average Bonchev–Trinajstić information content (AvgIpc) is 2.77. The third kappa shape index (κ3) is 4.35. The summed E-state index contributed by atoms with van der Waals surface area (Å²) in [6, 6.07) is 15.3. The molecule has 0 atom stereocenters. The van der Waals surface area contributed by atoms with E-state index in [9.17, 15) is 4.57 Å². The molecular weight excluding hydrogens is 362 g/mol. The van der Waals surface area contributed by atoms with Crippen LogP contribution in [-0.4, -0.2) is 19.6 Å². The normalized spacial score (nSPS) is 11.9. The van der Waals surface area contributed by atoms with Crippen LogP contribution in [0.15, 0.2) is 56.9 Å². The van der Waals surface area contributed by atoms with E-state index in [-0.39, 0.29) is 19.6 Å². The molecule has 0 aliphatic heterocycles. The summed E-state index contributed by atoms with van der Waals surface area (Å²) in [7, 11) is -5.12. The van der Waals surface area contributed by atoms with E-state index in [1.165, 1.54) is 0 Å². The summed E-state index contributed by atoms with van der Waals surface area (Å²) in [5.41, 5.74) is 1.31. The highest BCUT2D eigenvalue weighted by Crippen LogP contribution is 2.49. The molecule has 2 aromatic carbocycles. The third-order valence-electron chi connectivity index (χ3n) is 3.38. The minimum absolute atomic E-state index is 0.231. The molecule has 3 rings (SSSR count). The molecule has 25 heavy (non-hydrogen) atoms. The lowest BCUT2D eigenvalue weighted by atomic mass is 10.1. The Morgan fingerprint density at radius 1 is 0.880 bits per heavy atom. The minimum Gasteiger partial charge on any atom is -0.399 e. The Hall–Kier alpha value is -1.55. The highest BCUT2D eigenvalue weighted by molar-refractivity contribution is 7.54. The van der Waals surface area contributed by atoms with E-state index in [4.69, 9.17) is 22.0 Å². The van der Waals surface area contributed by atoms with Crippen LogP contribution in [0.3, 0.4) is 0 Å². The number of hydrogen-bond acceptors (Lipinski definition) is 6. The predicted molar refractivity (Wildman–Crippen MR) is 98.6 cm³/mol. The Kier molecular flexibility index (Phi) is 6.00. The van der Waals surface area contributed by atoms with E-state index in [1.54, 1.807) is 13.8 Å². The summed E-state index contributed by atoms with van der Waals surface area (Å²) in [5.74, 6) is 0. The fraction of sp³-hybridized carbons (Fsp3) is 0.294. The molecule has 0 fully saturated rings. The van der Waals surface area contributed by atoms with Crippen LogP contribution < -0.4 is 4.52 Å². The van der Waals surface area contributed by atoms with E-state index in [1.807, 2.05) is 48.5 Å². The highest BCUT2D eigenvalue weighted by atomic mass is 31.2. The molecule has 0 aliphatic rings. The van der Waals surface area contributed by atoms with Crippen molar-refractivity contribution in [2.45, 2.75) is 13.8 Å². The molecule has 0 N–H and O–H groups in total. The van der Waals surface area contributed by atoms with Crippen LogP contribution in [0.2, 0.25) is 0 Å². The van der Waals surface area contributed by atoms with Gasteiger partial charge in [0.05, 0.1) is 13.2 Å². The maximum Gasteiger partial charge on any atom is 0.388 e. The zero-order valence-electron chi connectivity index (χ0n) is 14.1. The molecule has 134 valence electrons. The highest BCUT2D eigenvalue weighted by Gasteiger charge is 2.25.